The van der Waals surface area contributed by atoms with Crippen LogP contribution < -0.4 is 0 Å². The zero-order chi connectivity index (χ0) is 23.7. The van der Waals surface area contributed by atoms with Crippen LogP contribution in [0.2, 0.25) is 0 Å². The van der Waals surface area contributed by atoms with Crippen LogP contribution in [0.3, 0.4) is 0 Å². The van der Waals surface area contributed by atoms with Crippen molar-refractivity contribution in [1.82, 2.24) is 5.06 Å². The van der Waals surface area contributed by atoms with E-state index < -0.39 is 0 Å². The van der Waals surface area contributed by atoms with Crippen LogP contribution in [0.1, 0.15) is 76.5 Å². The number of hydroxylamine groups is 2. The predicted molar refractivity (Wildman–Crippen MR) is 139 cm³/mol. The lowest BCUT2D eigenvalue weighted by Gasteiger charge is -2.51. The van der Waals surface area contributed by atoms with Crippen molar-refractivity contribution >= 4 is 5.71 Å². The van der Waals surface area contributed by atoms with Gasteiger partial charge in [-0.3, -0.25) is 9.83 Å². The summed E-state index contributed by atoms with van der Waals surface area (Å²) in [4.78, 5) is 11.9. The molecule has 0 radical (unpaired) electrons. The van der Waals surface area contributed by atoms with Gasteiger partial charge in [-0.1, -0.05) is 66.2 Å². The van der Waals surface area contributed by atoms with Gasteiger partial charge in [0.15, 0.2) is 0 Å². The summed E-state index contributed by atoms with van der Waals surface area (Å²) in [5.74, 6) is 0. The molecule has 2 aliphatic rings. The molecular formula is C30H40N2O. The third-order valence-corrected chi connectivity index (χ3v) is 7.57. The van der Waals surface area contributed by atoms with E-state index in [-0.39, 0.29) is 22.5 Å². The fraction of sp³-hybridized carbons (Fsp3) is 0.500. The van der Waals surface area contributed by atoms with Gasteiger partial charge in [-0.2, -0.15) is 5.06 Å². The Morgan fingerprint density at radius 2 is 1.64 bits per heavy atom. The number of benzene rings is 2. The molecule has 3 nitrogen and oxygen atoms in total. The fourth-order valence-electron chi connectivity index (χ4n) is 6.05. The van der Waals surface area contributed by atoms with Crippen LogP contribution in [0.15, 0.2) is 72.2 Å². The number of aryl methyl sites for hydroxylation is 1. The highest BCUT2D eigenvalue weighted by Gasteiger charge is 2.46. The fourth-order valence-corrected chi connectivity index (χ4v) is 6.05. The van der Waals surface area contributed by atoms with Crippen molar-refractivity contribution in [3.63, 3.8) is 0 Å². The Morgan fingerprint density at radius 1 is 1.00 bits per heavy atom. The Balaban J connectivity index is 1.67. The van der Waals surface area contributed by atoms with Gasteiger partial charge in [-0.05, 0) is 77.8 Å². The van der Waals surface area contributed by atoms with E-state index in [1.54, 1.807) is 0 Å². The lowest BCUT2D eigenvalue weighted by molar-refractivity contribution is -0.282. The lowest BCUT2D eigenvalue weighted by Crippen LogP contribution is -2.58. The number of nitrogens with zero attached hydrogens (tertiary/aromatic N) is 2. The topological polar surface area (TPSA) is 24.8 Å². The molecule has 0 aliphatic carbocycles. The Bertz CT molecular complexity index is 974. The standard InChI is InChI=1S/C30H40N2O/c1-7-18-30(25-12-9-8-10-13-25)21-26(31-27(30)24-16-14-23(2)15-17-24)22-33-32-28(3,4)19-11-20-29(32,5)6/h7-10,12-17,26H,1,11,18-22H2,2-6H3/t26-,30-/m1/s1. The average Bonchev–Trinajstić information content (AvgIpc) is 3.13. The SMILES string of the molecule is C=CC[C@]1(c2ccccc2)C[C@H](CON2C(C)(C)CCCC2(C)C)N=C1c1ccc(C)cc1. The molecule has 2 aromatic rings. The Labute approximate surface area is 200 Å². The van der Waals surface area contributed by atoms with E-state index in [9.17, 15) is 0 Å². The van der Waals surface area contributed by atoms with Gasteiger partial charge in [-0.25, -0.2) is 0 Å². The van der Waals surface area contributed by atoms with Crippen molar-refractivity contribution in [1.29, 1.82) is 0 Å². The van der Waals surface area contributed by atoms with E-state index >= 15 is 0 Å². The van der Waals surface area contributed by atoms with Gasteiger partial charge in [-0.15, -0.1) is 6.58 Å². The second-order valence-electron chi connectivity index (χ2n) is 11.2. The van der Waals surface area contributed by atoms with Crippen LogP contribution in [0.25, 0.3) is 0 Å². The first-order chi connectivity index (χ1) is 15.7. The van der Waals surface area contributed by atoms with Gasteiger partial charge in [0.1, 0.15) is 0 Å². The molecule has 0 N–H and O–H groups in total. The van der Waals surface area contributed by atoms with E-state index in [0.717, 1.165) is 25.7 Å². The molecule has 0 amide bonds. The highest BCUT2D eigenvalue weighted by atomic mass is 16.7. The zero-order valence-electron chi connectivity index (χ0n) is 21.1. The molecule has 2 heterocycles. The number of piperidine rings is 1. The number of allylic oxidation sites excluding steroid dienone is 1. The van der Waals surface area contributed by atoms with Crippen molar-refractivity contribution in [2.75, 3.05) is 6.61 Å². The summed E-state index contributed by atoms with van der Waals surface area (Å²) in [6.45, 7) is 16.1. The minimum Gasteiger partial charge on any atom is -0.296 e. The summed E-state index contributed by atoms with van der Waals surface area (Å²) in [5, 5.41) is 2.26. The Morgan fingerprint density at radius 3 is 2.24 bits per heavy atom. The summed E-state index contributed by atoms with van der Waals surface area (Å²) >= 11 is 0. The second kappa shape index (κ2) is 9.19. The van der Waals surface area contributed by atoms with Crippen molar-refractivity contribution < 1.29 is 4.84 Å². The van der Waals surface area contributed by atoms with Crippen LogP contribution in [0.5, 0.6) is 0 Å². The summed E-state index contributed by atoms with van der Waals surface area (Å²) in [5.41, 5.74) is 4.82. The van der Waals surface area contributed by atoms with E-state index in [4.69, 9.17) is 9.83 Å². The van der Waals surface area contributed by atoms with Crippen LogP contribution in [-0.2, 0) is 10.3 Å². The number of aliphatic imine (C=N–C) groups is 1. The normalized spacial score (nSPS) is 26.7. The Kier molecular flexibility index (Phi) is 6.66. The van der Waals surface area contributed by atoms with E-state index in [1.807, 2.05) is 0 Å². The number of hydrogen-bond acceptors (Lipinski definition) is 3. The molecule has 1 saturated heterocycles. The van der Waals surface area contributed by atoms with Gasteiger partial charge in [0, 0.05) is 16.5 Å². The monoisotopic (exact) mass is 444 g/mol. The molecule has 4 rings (SSSR count). The van der Waals surface area contributed by atoms with E-state index in [1.165, 1.54) is 28.8 Å². The molecule has 2 aromatic carbocycles. The first-order valence-corrected chi connectivity index (χ1v) is 12.4. The molecule has 0 spiro atoms. The number of rotatable bonds is 7. The van der Waals surface area contributed by atoms with Crippen molar-refractivity contribution in [3.05, 3.63) is 83.9 Å². The molecule has 33 heavy (non-hydrogen) atoms. The highest BCUT2D eigenvalue weighted by Crippen LogP contribution is 2.44. The molecule has 3 heteroatoms. The Hall–Kier alpha value is -2.23. The highest BCUT2D eigenvalue weighted by molar-refractivity contribution is 6.09. The first kappa shape index (κ1) is 23.9. The third kappa shape index (κ3) is 4.72. The molecule has 2 aliphatic heterocycles. The lowest BCUT2D eigenvalue weighted by atomic mass is 9.70. The van der Waals surface area contributed by atoms with Crippen molar-refractivity contribution in [2.24, 2.45) is 4.99 Å². The maximum atomic E-state index is 6.61. The van der Waals surface area contributed by atoms with Gasteiger partial charge in [0.25, 0.3) is 0 Å². The van der Waals surface area contributed by atoms with Crippen molar-refractivity contribution in [2.45, 2.75) is 89.3 Å². The second-order valence-corrected chi connectivity index (χ2v) is 11.2. The quantitative estimate of drug-likeness (QED) is 0.428. The summed E-state index contributed by atoms with van der Waals surface area (Å²) in [7, 11) is 0. The summed E-state index contributed by atoms with van der Waals surface area (Å²) < 4.78 is 0. The molecule has 0 unspecified atom stereocenters. The average molecular weight is 445 g/mol. The van der Waals surface area contributed by atoms with Crippen LogP contribution in [0.4, 0.5) is 0 Å². The predicted octanol–water partition coefficient (Wildman–Crippen LogP) is 7.05. The van der Waals surface area contributed by atoms with Gasteiger partial charge in [0.2, 0.25) is 0 Å². The van der Waals surface area contributed by atoms with Crippen LogP contribution in [0, 0.1) is 6.92 Å². The maximum Gasteiger partial charge on any atom is 0.0909 e. The molecule has 2 atom stereocenters. The van der Waals surface area contributed by atoms with Crippen LogP contribution >= 0.6 is 0 Å². The number of hydrogen-bond donors (Lipinski definition) is 0. The smallest absolute Gasteiger partial charge is 0.0909 e. The largest absolute Gasteiger partial charge is 0.296 e. The molecule has 176 valence electrons. The van der Waals surface area contributed by atoms with Gasteiger partial charge < -0.3 is 0 Å². The van der Waals surface area contributed by atoms with E-state index in [2.05, 4.69) is 107 Å². The molecule has 0 aromatic heterocycles. The van der Waals surface area contributed by atoms with Gasteiger partial charge in [0.05, 0.1) is 18.4 Å². The summed E-state index contributed by atoms with van der Waals surface area (Å²) in [6.07, 6.45) is 7.40. The maximum absolute atomic E-state index is 6.61. The van der Waals surface area contributed by atoms with Crippen molar-refractivity contribution in [3.8, 4) is 0 Å². The first-order valence-electron chi connectivity index (χ1n) is 12.4. The van der Waals surface area contributed by atoms with E-state index in [0.29, 0.717) is 6.61 Å². The molecular weight excluding hydrogens is 404 g/mol. The molecule has 1 fully saturated rings. The minimum absolute atomic E-state index is 0.0293. The minimum atomic E-state index is -0.181. The van der Waals surface area contributed by atoms with Crippen LogP contribution in [-0.4, -0.2) is 34.5 Å². The molecule has 0 saturated carbocycles. The zero-order valence-corrected chi connectivity index (χ0v) is 21.1. The third-order valence-electron chi connectivity index (χ3n) is 7.57. The molecule has 0 bridgehead atoms. The van der Waals surface area contributed by atoms with Gasteiger partial charge >= 0.3 is 0 Å². The summed E-state index contributed by atoms with van der Waals surface area (Å²) in [6, 6.07) is 19.8.